The lowest BCUT2D eigenvalue weighted by Gasteiger charge is -2.34. The Morgan fingerprint density at radius 3 is 2.74 bits per heavy atom. The average Bonchev–Trinajstić information content (AvgIpc) is 3.10. The van der Waals surface area contributed by atoms with Gasteiger partial charge in [0.1, 0.15) is 5.82 Å². The molecule has 1 aliphatic rings. The Morgan fingerprint density at radius 1 is 1.35 bits per heavy atom. The van der Waals surface area contributed by atoms with Crippen molar-refractivity contribution >= 4 is 5.91 Å². The van der Waals surface area contributed by atoms with Gasteiger partial charge in [-0.3, -0.25) is 4.79 Å². The van der Waals surface area contributed by atoms with Gasteiger partial charge in [0.05, 0.1) is 11.6 Å². The van der Waals surface area contributed by atoms with Gasteiger partial charge in [0.25, 0.3) is 5.91 Å². The summed E-state index contributed by atoms with van der Waals surface area (Å²) in [5.74, 6) is 1.19. The van der Waals surface area contributed by atoms with E-state index >= 15 is 0 Å². The van der Waals surface area contributed by atoms with Crippen molar-refractivity contribution in [1.29, 1.82) is 0 Å². The second-order valence-electron chi connectivity index (χ2n) is 6.46. The molecule has 23 heavy (non-hydrogen) atoms. The van der Waals surface area contributed by atoms with Crippen molar-refractivity contribution < 1.29 is 4.79 Å². The van der Waals surface area contributed by atoms with E-state index in [-0.39, 0.29) is 5.91 Å². The van der Waals surface area contributed by atoms with Gasteiger partial charge in [-0.05, 0) is 46.6 Å². The predicted molar refractivity (Wildman–Crippen MR) is 90.7 cm³/mol. The summed E-state index contributed by atoms with van der Waals surface area (Å²) in [6.07, 6.45) is 6.01. The number of aromatic nitrogens is 3. The third-order valence-electron chi connectivity index (χ3n) is 5.06. The van der Waals surface area contributed by atoms with Crippen LogP contribution in [-0.4, -0.2) is 38.0 Å². The summed E-state index contributed by atoms with van der Waals surface area (Å²) in [4.78, 5) is 19.3. The molecule has 0 unspecified atom stereocenters. The van der Waals surface area contributed by atoms with Gasteiger partial charge in [0.2, 0.25) is 0 Å². The highest BCUT2D eigenvalue weighted by Crippen LogP contribution is 2.25. The summed E-state index contributed by atoms with van der Waals surface area (Å²) in [7, 11) is 0. The fourth-order valence-electron chi connectivity index (χ4n) is 3.81. The number of imidazole rings is 1. The first-order valence-electron chi connectivity index (χ1n) is 8.48. The molecule has 2 aromatic rings. The normalized spacial score (nSPS) is 18.4. The van der Waals surface area contributed by atoms with Crippen LogP contribution in [0, 0.1) is 20.8 Å². The molecule has 1 atom stereocenters. The fraction of sp³-hybridized carbons (Fsp3) is 0.556. The molecule has 0 N–H and O–H groups in total. The number of piperidine rings is 1. The first kappa shape index (κ1) is 15.8. The number of amides is 1. The minimum Gasteiger partial charge on any atom is -0.349 e. The van der Waals surface area contributed by atoms with E-state index in [1.165, 1.54) is 0 Å². The van der Waals surface area contributed by atoms with Crippen molar-refractivity contribution in [3.63, 3.8) is 0 Å². The van der Waals surface area contributed by atoms with E-state index in [2.05, 4.69) is 28.0 Å². The second kappa shape index (κ2) is 6.22. The van der Waals surface area contributed by atoms with Crippen molar-refractivity contribution in [3.05, 3.63) is 41.2 Å². The smallest absolute Gasteiger partial charge is 0.255 e. The number of hydrogen-bond donors (Lipinski definition) is 0. The van der Waals surface area contributed by atoms with E-state index in [9.17, 15) is 4.79 Å². The molecule has 0 saturated carbocycles. The molecular weight excluding hydrogens is 288 g/mol. The van der Waals surface area contributed by atoms with Crippen LogP contribution in [0.15, 0.2) is 18.5 Å². The molecule has 1 saturated heterocycles. The monoisotopic (exact) mass is 314 g/mol. The van der Waals surface area contributed by atoms with E-state index in [1.54, 1.807) is 0 Å². The van der Waals surface area contributed by atoms with Crippen LogP contribution < -0.4 is 0 Å². The number of aryl methyl sites for hydroxylation is 2. The van der Waals surface area contributed by atoms with Crippen molar-refractivity contribution in [2.45, 2.75) is 53.1 Å². The van der Waals surface area contributed by atoms with E-state index in [0.717, 1.165) is 55.3 Å². The molecular formula is C18H26N4O. The quantitative estimate of drug-likeness (QED) is 0.873. The fourth-order valence-corrected chi connectivity index (χ4v) is 3.81. The minimum atomic E-state index is 0.167. The zero-order valence-corrected chi connectivity index (χ0v) is 14.5. The number of rotatable bonds is 3. The maximum Gasteiger partial charge on any atom is 0.255 e. The van der Waals surface area contributed by atoms with E-state index < -0.39 is 0 Å². The number of hydrogen-bond acceptors (Lipinski definition) is 2. The molecule has 5 heteroatoms. The van der Waals surface area contributed by atoms with Crippen molar-refractivity contribution in [2.75, 3.05) is 13.1 Å². The average molecular weight is 314 g/mol. The van der Waals surface area contributed by atoms with Crippen molar-refractivity contribution in [1.82, 2.24) is 19.0 Å². The summed E-state index contributed by atoms with van der Waals surface area (Å²) in [6, 6.07) is 2.37. The van der Waals surface area contributed by atoms with Crippen LogP contribution in [0.1, 0.15) is 53.4 Å². The Kier molecular flexibility index (Phi) is 4.28. The van der Waals surface area contributed by atoms with Crippen molar-refractivity contribution in [2.24, 2.45) is 0 Å². The summed E-state index contributed by atoms with van der Waals surface area (Å²) < 4.78 is 4.41. The van der Waals surface area contributed by atoms with Gasteiger partial charge < -0.3 is 14.0 Å². The Labute approximate surface area is 137 Å². The lowest BCUT2D eigenvalue weighted by atomic mass is 10.0. The van der Waals surface area contributed by atoms with Gasteiger partial charge in [-0.25, -0.2) is 4.98 Å². The van der Waals surface area contributed by atoms with Gasteiger partial charge >= 0.3 is 0 Å². The summed E-state index contributed by atoms with van der Waals surface area (Å²) >= 11 is 0. The number of carbonyl (C=O) groups excluding carboxylic acids is 1. The standard InChI is InChI=1S/C18H26N4O/c1-5-21-13(2)11-17(14(21)3)18(23)20-9-6-7-16(12-20)22-10-8-19-15(22)4/h8,10-11,16H,5-7,9,12H2,1-4H3/t16-/m1/s1. The molecule has 0 aliphatic carbocycles. The van der Waals surface area contributed by atoms with E-state index in [0.29, 0.717) is 6.04 Å². The van der Waals surface area contributed by atoms with E-state index in [4.69, 9.17) is 0 Å². The third-order valence-corrected chi connectivity index (χ3v) is 5.06. The Balaban J connectivity index is 1.81. The van der Waals surface area contributed by atoms with Crippen LogP contribution in [0.2, 0.25) is 0 Å². The van der Waals surface area contributed by atoms with Crippen LogP contribution in [0.4, 0.5) is 0 Å². The molecule has 0 bridgehead atoms. The first-order valence-corrected chi connectivity index (χ1v) is 8.48. The van der Waals surface area contributed by atoms with Crippen LogP contribution in [0.3, 0.4) is 0 Å². The largest absolute Gasteiger partial charge is 0.349 e. The molecule has 0 radical (unpaired) electrons. The maximum absolute atomic E-state index is 13.0. The molecule has 3 rings (SSSR count). The molecule has 1 fully saturated rings. The molecule has 1 aliphatic heterocycles. The predicted octanol–water partition coefficient (Wildman–Crippen LogP) is 3.11. The Morgan fingerprint density at radius 2 is 2.13 bits per heavy atom. The number of likely N-dealkylation sites (tertiary alicyclic amines) is 1. The van der Waals surface area contributed by atoms with Gasteiger partial charge in [-0.15, -0.1) is 0 Å². The number of carbonyl (C=O) groups is 1. The highest BCUT2D eigenvalue weighted by Gasteiger charge is 2.27. The number of nitrogens with zero attached hydrogens (tertiary/aromatic N) is 4. The SMILES string of the molecule is CCn1c(C)cc(C(=O)N2CCC[C@@H](n3ccnc3C)C2)c1C. The summed E-state index contributed by atoms with van der Waals surface area (Å²) in [5, 5.41) is 0. The third kappa shape index (κ3) is 2.80. The summed E-state index contributed by atoms with van der Waals surface area (Å²) in [6.45, 7) is 10.8. The molecule has 124 valence electrons. The minimum absolute atomic E-state index is 0.167. The molecule has 0 spiro atoms. The van der Waals surface area contributed by atoms with Gasteiger partial charge in [-0.2, -0.15) is 0 Å². The van der Waals surface area contributed by atoms with Gasteiger partial charge in [0.15, 0.2) is 0 Å². The molecule has 5 nitrogen and oxygen atoms in total. The van der Waals surface area contributed by atoms with Gasteiger partial charge in [-0.1, -0.05) is 0 Å². The van der Waals surface area contributed by atoms with Crippen LogP contribution >= 0.6 is 0 Å². The molecule has 0 aromatic carbocycles. The molecule has 1 amide bonds. The zero-order chi connectivity index (χ0) is 16.6. The zero-order valence-electron chi connectivity index (χ0n) is 14.5. The van der Waals surface area contributed by atoms with Crippen LogP contribution in [0.5, 0.6) is 0 Å². The lowest BCUT2D eigenvalue weighted by molar-refractivity contribution is 0.0677. The van der Waals surface area contributed by atoms with Crippen LogP contribution in [-0.2, 0) is 6.54 Å². The summed E-state index contributed by atoms with van der Waals surface area (Å²) in [5.41, 5.74) is 3.09. The topological polar surface area (TPSA) is 43.1 Å². The Hall–Kier alpha value is -2.04. The molecule has 2 aromatic heterocycles. The highest BCUT2D eigenvalue weighted by molar-refractivity contribution is 5.95. The van der Waals surface area contributed by atoms with Crippen molar-refractivity contribution in [3.8, 4) is 0 Å². The Bertz CT molecular complexity index is 713. The molecule has 3 heterocycles. The highest BCUT2D eigenvalue weighted by atomic mass is 16.2. The maximum atomic E-state index is 13.0. The second-order valence-corrected chi connectivity index (χ2v) is 6.46. The first-order chi connectivity index (χ1) is 11.0. The van der Waals surface area contributed by atoms with Gasteiger partial charge in [0, 0.05) is 43.4 Å². The van der Waals surface area contributed by atoms with Crippen LogP contribution in [0.25, 0.3) is 0 Å². The lowest BCUT2D eigenvalue weighted by Crippen LogP contribution is -2.41. The van der Waals surface area contributed by atoms with E-state index in [1.807, 2.05) is 37.2 Å².